The van der Waals surface area contributed by atoms with Gasteiger partial charge in [-0.25, -0.2) is 4.90 Å². The van der Waals surface area contributed by atoms with Gasteiger partial charge < -0.3 is 0 Å². The number of nitrogens with zero attached hydrogens (tertiary/aromatic N) is 1. The highest BCUT2D eigenvalue weighted by molar-refractivity contribution is 8.15. The topological polar surface area (TPSA) is 37.4 Å². The van der Waals surface area contributed by atoms with Gasteiger partial charge in [-0.3, -0.25) is 9.59 Å². The van der Waals surface area contributed by atoms with Crippen LogP contribution >= 0.6 is 11.8 Å². The molecule has 0 atom stereocenters. The van der Waals surface area contributed by atoms with Crippen LogP contribution < -0.4 is 4.90 Å². The molecule has 4 heteroatoms. The molecule has 1 aliphatic heterocycles. The highest BCUT2D eigenvalue weighted by Crippen LogP contribution is 2.26. The molecule has 1 fully saturated rings. The van der Waals surface area contributed by atoms with E-state index in [1.54, 1.807) is 12.1 Å². The Bertz CT molecular complexity index is 370. The van der Waals surface area contributed by atoms with Gasteiger partial charge in [-0.1, -0.05) is 29.5 Å². The predicted octanol–water partition coefficient (Wildman–Crippen LogP) is 2.19. The molecule has 0 spiro atoms. The molecule has 0 N–H and O–H groups in total. The van der Waals surface area contributed by atoms with Crippen molar-refractivity contribution in [2.24, 2.45) is 0 Å². The van der Waals surface area contributed by atoms with Gasteiger partial charge in [-0.05, 0) is 19.1 Å². The number of benzene rings is 1. The fourth-order valence-corrected chi connectivity index (χ4v) is 2.01. The summed E-state index contributed by atoms with van der Waals surface area (Å²) >= 11 is 1.05. The first kappa shape index (κ1) is 9.27. The van der Waals surface area contributed by atoms with Crippen molar-refractivity contribution in [1.29, 1.82) is 0 Å². The van der Waals surface area contributed by atoms with E-state index in [4.69, 9.17) is 0 Å². The Hall–Kier alpha value is -1.29. The van der Waals surface area contributed by atoms with Crippen molar-refractivity contribution in [3.63, 3.8) is 0 Å². The zero-order valence-corrected chi connectivity index (χ0v) is 8.50. The van der Waals surface area contributed by atoms with E-state index in [1.165, 1.54) is 4.90 Å². The number of hydrogen-bond donors (Lipinski definition) is 0. The van der Waals surface area contributed by atoms with Crippen LogP contribution in [0.4, 0.5) is 10.5 Å². The SMILES string of the molecule is Cc1ccc(N2C(=O)CSC2=O)cc1. The number of anilines is 1. The van der Waals surface area contributed by atoms with E-state index in [-0.39, 0.29) is 16.9 Å². The van der Waals surface area contributed by atoms with E-state index in [0.29, 0.717) is 5.69 Å². The van der Waals surface area contributed by atoms with Crippen LogP contribution in [-0.4, -0.2) is 16.9 Å². The maximum atomic E-state index is 11.4. The fourth-order valence-electron chi connectivity index (χ4n) is 1.30. The lowest BCUT2D eigenvalue weighted by Crippen LogP contribution is -2.27. The summed E-state index contributed by atoms with van der Waals surface area (Å²) in [6.45, 7) is 1.96. The largest absolute Gasteiger partial charge is 0.293 e. The van der Waals surface area contributed by atoms with E-state index >= 15 is 0 Å². The average molecular weight is 207 g/mol. The highest BCUT2D eigenvalue weighted by atomic mass is 32.2. The number of carbonyl (C=O) groups is 2. The average Bonchev–Trinajstić information content (AvgIpc) is 2.49. The second-order valence-electron chi connectivity index (χ2n) is 3.12. The normalized spacial score (nSPS) is 16.5. The van der Waals surface area contributed by atoms with Crippen LogP contribution in [0.15, 0.2) is 24.3 Å². The maximum absolute atomic E-state index is 11.4. The van der Waals surface area contributed by atoms with Crippen LogP contribution in [0.1, 0.15) is 5.56 Å². The van der Waals surface area contributed by atoms with Gasteiger partial charge in [-0.2, -0.15) is 0 Å². The molecular formula is C10H9NO2S. The van der Waals surface area contributed by atoms with Gasteiger partial charge in [0.1, 0.15) is 0 Å². The van der Waals surface area contributed by atoms with Crippen molar-refractivity contribution in [2.75, 3.05) is 10.7 Å². The molecule has 1 aliphatic rings. The second-order valence-corrected chi connectivity index (χ2v) is 4.05. The minimum Gasteiger partial charge on any atom is -0.273 e. The lowest BCUT2D eigenvalue weighted by molar-refractivity contribution is -0.115. The van der Waals surface area contributed by atoms with Crippen molar-refractivity contribution in [3.8, 4) is 0 Å². The molecule has 0 unspecified atom stereocenters. The Morgan fingerprint density at radius 2 is 1.86 bits per heavy atom. The number of rotatable bonds is 1. The van der Waals surface area contributed by atoms with E-state index in [2.05, 4.69) is 0 Å². The van der Waals surface area contributed by atoms with Gasteiger partial charge in [0.05, 0.1) is 11.4 Å². The fraction of sp³-hybridized carbons (Fsp3) is 0.200. The molecule has 0 aliphatic carbocycles. The molecule has 1 saturated heterocycles. The van der Waals surface area contributed by atoms with Gasteiger partial charge in [-0.15, -0.1) is 0 Å². The predicted molar refractivity (Wildman–Crippen MR) is 56.5 cm³/mol. The molecular weight excluding hydrogens is 198 g/mol. The number of amides is 2. The lowest BCUT2D eigenvalue weighted by Gasteiger charge is -2.12. The Morgan fingerprint density at radius 3 is 2.36 bits per heavy atom. The van der Waals surface area contributed by atoms with Crippen molar-refractivity contribution < 1.29 is 9.59 Å². The van der Waals surface area contributed by atoms with E-state index in [1.807, 2.05) is 19.1 Å². The van der Waals surface area contributed by atoms with Crippen LogP contribution in [0.2, 0.25) is 0 Å². The maximum Gasteiger partial charge on any atom is 0.293 e. The van der Waals surface area contributed by atoms with Crippen LogP contribution in [0, 0.1) is 6.92 Å². The van der Waals surface area contributed by atoms with Gasteiger partial charge >= 0.3 is 0 Å². The Balaban J connectivity index is 2.34. The van der Waals surface area contributed by atoms with Gasteiger partial charge in [0.2, 0.25) is 5.91 Å². The molecule has 0 bridgehead atoms. The summed E-state index contributed by atoms with van der Waals surface area (Å²) in [4.78, 5) is 23.9. The van der Waals surface area contributed by atoms with Crippen molar-refractivity contribution in [2.45, 2.75) is 6.92 Å². The summed E-state index contributed by atoms with van der Waals surface area (Å²) in [7, 11) is 0. The Labute approximate surface area is 86.1 Å². The monoisotopic (exact) mass is 207 g/mol. The molecule has 1 aromatic carbocycles. The van der Waals surface area contributed by atoms with E-state index in [9.17, 15) is 9.59 Å². The Kier molecular flexibility index (Phi) is 2.29. The molecule has 0 saturated carbocycles. The number of imide groups is 1. The zero-order chi connectivity index (χ0) is 10.1. The summed E-state index contributed by atoms with van der Waals surface area (Å²) in [6.07, 6.45) is 0. The first-order valence-electron chi connectivity index (χ1n) is 4.25. The van der Waals surface area contributed by atoms with Crippen molar-refractivity contribution in [3.05, 3.63) is 29.8 Å². The highest BCUT2D eigenvalue weighted by Gasteiger charge is 2.30. The molecule has 2 amide bonds. The minimum absolute atomic E-state index is 0.135. The molecule has 1 heterocycles. The third kappa shape index (κ3) is 1.53. The van der Waals surface area contributed by atoms with Crippen LogP contribution in [-0.2, 0) is 4.79 Å². The minimum atomic E-state index is -0.182. The summed E-state index contributed by atoms with van der Waals surface area (Å²) in [5.41, 5.74) is 1.77. The van der Waals surface area contributed by atoms with E-state index < -0.39 is 0 Å². The smallest absolute Gasteiger partial charge is 0.273 e. The number of thioether (sulfide) groups is 1. The number of carbonyl (C=O) groups excluding carboxylic acids is 2. The molecule has 72 valence electrons. The Morgan fingerprint density at radius 1 is 1.21 bits per heavy atom. The van der Waals surface area contributed by atoms with Crippen molar-refractivity contribution >= 4 is 28.6 Å². The standard InChI is InChI=1S/C10H9NO2S/c1-7-2-4-8(5-3-7)11-9(12)6-14-10(11)13/h2-5H,6H2,1H3. The number of hydrogen-bond acceptors (Lipinski definition) is 3. The van der Waals surface area contributed by atoms with Crippen LogP contribution in [0.5, 0.6) is 0 Å². The summed E-state index contributed by atoms with van der Waals surface area (Å²) in [5.74, 6) is 0.121. The quantitative estimate of drug-likeness (QED) is 0.708. The summed E-state index contributed by atoms with van der Waals surface area (Å²) in [6, 6.07) is 7.35. The van der Waals surface area contributed by atoms with Gasteiger partial charge in [0.15, 0.2) is 0 Å². The van der Waals surface area contributed by atoms with Crippen LogP contribution in [0.3, 0.4) is 0 Å². The third-order valence-electron chi connectivity index (χ3n) is 2.04. The molecule has 14 heavy (non-hydrogen) atoms. The third-order valence-corrected chi connectivity index (χ3v) is 2.86. The second kappa shape index (κ2) is 3.46. The lowest BCUT2D eigenvalue weighted by atomic mass is 10.2. The number of aryl methyl sites for hydroxylation is 1. The molecule has 0 aromatic heterocycles. The molecule has 2 rings (SSSR count). The molecule has 3 nitrogen and oxygen atoms in total. The van der Waals surface area contributed by atoms with Crippen LogP contribution in [0.25, 0.3) is 0 Å². The zero-order valence-electron chi connectivity index (χ0n) is 7.69. The van der Waals surface area contributed by atoms with E-state index in [0.717, 1.165) is 17.3 Å². The summed E-state index contributed by atoms with van der Waals surface area (Å²) in [5, 5.41) is -0.182. The molecule has 1 aromatic rings. The summed E-state index contributed by atoms with van der Waals surface area (Å²) < 4.78 is 0. The first-order chi connectivity index (χ1) is 6.68. The van der Waals surface area contributed by atoms with Crippen molar-refractivity contribution in [1.82, 2.24) is 0 Å². The van der Waals surface area contributed by atoms with Gasteiger partial charge in [0, 0.05) is 0 Å². The van der Waals surface area contributed by atoms with Gasteiger partial charge in [0.25, 0.3) is 5.24 Å². The first-order valence-corrected chi connectivity index (χ1v) is 5.23. The molecule has 0 radical (unpaired) electrons.